The van der Waals surface area contributed by atoms with E-state index in [1.165, 1.54) is 12.1 Å². The molecule has 2 N–H and O–H groups in total. The highest BCUT2D eigenvalue weighted by molar-refractivity contribution is 7.89. The Labute approximate surface area is 150 Å². The Balaban J connectivity index is 1.68. The van der Waals surface area contributed by atoms with Gasteiger partial charge in [0, 0.05) is 18.9 Å². The zero-order valence-corrected chi connectivity index (χ0v) is 14.7. The molecule has 1 heterocycles. The lowest BCUT2D eigenvalue weighted by atomic mass is 10.1. The fourth-order valence-electron chi connectivity index (χ4n) is 2.32. The number of nitrogens with zero attached hydrogens (tertiary/aromatic N) is 2. The number of aliphatic hydroxyl groups excluding tert-OH is 1. The van der Waals surface area contributed by atoms with E-state index in [-0.39, 0.29) is 16.5 Å². The summed E-state index contributed by atoms with van der Waals surface area (Å²) < 4.78 is 28.6. The van der Waals surface area contributed by atoms with Crippen molar-refractivity contribution in [3.63, 3.8) is 0 Å². The molecular weight excluding hydrogens is 362 g/mol. The van der Waals surface area contributed by atoms with Gasteiger partial charge in [0.2, 0.25) is 10.0 Å². The normalized spacial score (nSPS) is 12.9. The van der Waals surface area contributed by atoms with Gasteiger partial charge in [-0.25, -0.2) is 17.8 Å². The summed E-state index contributed by atoms with van der Waals surface area (Å²) in [6.07, 6.45) is 2.50. The Kier molecular flexibility index (Phi) is 5.19. The average Bonchev–Trinajstić information content (AvgIpc) is 3.15. The van der Waals surface area contributed by atoms with E-state index < -0.39 is 16.1 Å². The summed E-state index contributed by atoms with van der Waals surface area (Å²) in [6.45, 7) is -0.158. The Morgan fingerprint density at radius 3 is 2.48 bits per heavy atom. The Bertz CT molecular complexity index is 942. The maximum atomic E-state index is 12.3. The molecule has 1 atom stereocenters. The lowest BCUT2D eigenvalue weighted by Crippen LogP contribution is -2.28. The van der Waals surface area contributed by atoms with Crippen molar-refractivity contribution in [3.05, 3.63) is 77.6 Å². The van der Waals surface area contributed by atoms with Crippen molar-refractivity contribution in [2.24, 2.45) is 0 Å². The van der Waals surface area contributed by atoms with Gasteiger partial charge in [0.15, 0.2) is 0 Å². The second kappa shape index (κ2) is 7.37. The molecule has 0 aliphatic carbocycles. The minimum Gasteiger partial charge on any atom is -0.387 e. The molecule has 130 valence electrons. The van der Waals surface area contributed by atoms with E-state index in [1.54, 1.807) is 47.3 Å². The highest BCUT2D eigenvalue weighted by Crippen LogP contribution is 2.21. The number of rotatable bonds is 6. The molecular formula is C17H16ClN3O3S. The molecule has 0 saturated carbocycles. The number of aromatic nitrogens is 2. The van der Waals surface area contributed by atoms with Crippen molar-refractivity contribution >= 4 is 21.6 Å². The van der Waals surface area contributed by atoms with Crippen LogP contribution in [0.25, 0.3) is 5.69 Å². The van der Waals surface area contributed by atoms with Crippen LogP contribution in [0.4, 0.5) is 0 Å². The van der Waals surface area contributed by atoms with Crippen LogP contribution in [0.3, 0.4) is 0 Å². The van der Waals surface area contributed by atoms with Crippen LogP contribution in [0.5, 0.6) is 0 Å². The number of aliphatic hydroxyl groups is 1. The standard InChI is InChI=1S/C17H16ClN3O3S/c18-15-4-1-2-5-17(15)25(23,24)20-12-16(22)13-6-8-14(9-7-13)21-11-3-10-19-21/h1-11,16,20,22H,12H2. The van der Waals surface area contributed by atoms with Crippen molar-refractivity contribution in [1.82, 2.24) is 14.5 Å². The molecule has 0 amide bonds. The van der Waals surface area contributed by atoms with Gasteiger partial charge in [0.1, 0.15) is 4.90 Å². The van der Waals surface area contributed by atoms with Gasteiger partial charge in [-0.1, -0.05) is 35.9 Å². The topological polar surface area (TPSA) is 84.2 Å². The number of nitrogens with one attached hydrogen (secondary N) is 1. The van der Waals surface area contributed by atoms with Crippen molar-refractivity contribution in [2.75, 3.05) is 6.54 Å². The summed E-state index contributed by atoms with van der Waals surface area (Å²) in [5.74, 6) is 0. The minimum absolute atomic E-state index is 0.0158. The second-order valence-electron chi connectivity index (χ2n) is 5.34. The molecule has 3 rings (SSSR count). The van der Waals surface area contributed by atoms with Crippen LogP contribution in [0.1, 0.15) is 11.7 Å². The van der Waals surface area contributed by atoms with Crippen LogP contribution in [-0.4, -0.2) is 29.8 Å². The van der Waals surface area contributed by atoms with Crippen LogP contribution in [0, 0.1) is 0 Å². The van der Waals surface area contributed by atoms with Gasteiger partial charge in [-0.2, -0.15) is 5.10 Å². The van der Waals surface area contributed by atoms with E-state index in [1.807, 2.05) is 12.3 Å². The van der Waals surface area contributed by atoms with Crippen molar-refractivity contribution in [3.8, 4) is 5.69 Å². The molecule has 8 heteroatoms. The quantitative estimate of drug-likeness (QED) is 0.691. The lowest BCUT2D eigenvalue weighted by molar-refractivity contribution is 0.182. The molecule has 25 heavy (non-hydrogen) atoms. The first kappa shape index (κ1) is 17.6. The zero-order chi connectivity index (χ0) is 17.9. The third-order valence-corrected chi connectivity index (χ3v) is 5.56. The molecule has 2 aromatic carbocycles. The Hall–Kier alpha value is -2.19. The molecule has 3 aromatic rings. The van der Waals surface area contributed by atoms with E-state index in [2.05, 4.69) is 9.82 Å². The van der Waals surface area contributed by atoms with Crippen molar-refractivity contribution < 1.29 is 13.5 Å². The maximum absolute atomic E-state index is 12.3. The number of benzene rings is 2. The summed E-state index contributed by atoms with van der Waals surface area (Å²) >= 11 is 5.92. The van der Waals surface area contributed by atoms with E-state index in [9.17, 15) is 13.5 Å². The molecule has 1 aromatic heterocycles. The van der Waals surface area contributed by atoms with Gasteiger partial charge in [-0.05, 0) is 35.9 Å². The van der Waals surface area contributed by atoms with E-state index in [4.69, 9.17) is 11.6 Å². The van der Waals surface area contributed by atoms with E-state index in [0.29, 0.717) is 5.56 Å². The van der Waals surface area contributed by atoms with Gasteiger partial charge < -0.3 is 5.11 Å². The SMILES string of the molecule is O=S(=O)(NCC(O)c1ccc(-n2cccn2)cc1)c1ccccc1Cl. The van der Waals surface area contributed by atoms with Gasteiger partial charge in [0.05, 0.1) is 16.8 Å². The number of hydrogen-bond donors (Lipinski definition) is 2. The zero-order valence-electron chi connectivity index (χ0n) is 13.1. The molecule has 0 bridgehead atoms. The molecule has 0 fully saturated rings. The van der Waals surface area contributed by atoms with Crippen LogP contribution < -0.4 is 4.72 Å². The highest BCUT2D eigenvalue weighted by atomic mass is 35.5. The predicted molar refractivity (Wildman–Crippen MR) is 95.2 cm³/mol. The number of sulfonamides is 1. The maximum Gasteiger partial charge on any atom is 0.242 e. The third-order valence-electron chi connectivity index (χ3n) is 3.64. The van der Waals surface area contributed by atoms with Crippen molar-refractivity contribution in [2.45, 2.75) is 11.0 Å². The first-order valence-electron chi connectivity index (χ1n) is 7.49. The molecule has 1 unspecified atom stereocenters. The summed E-state index contributed by atoms with van der Waals surface area (Å²) in [7, 11) is -3.79. The summed E-state index contributed by atoms with van der Waals surface area (Å²) in [5.41, 5.74) is 1.44. The minimum atomic E-state index is -3.79. The third kappa shape index (κ3) is 4.08. The Morgan fingerprint density at radius 2 is 1.84 bits per heavy atom. The molecule has 0 radical (unpaired) electrons. The Morgan fingerprint density at radius 1 is 1.12 bits per heavy atom. The van der Waals surface area contributed by atoms with E-state index in [0.717, 1.165) is 5.69 Å². The molecule has 0 spiro atoms. The van der Waals surface area contributed by atoms with Crippen LogP contribution >= 0.6 is 11.6 Å². The van der Waals surface area contributed by atoms with E-state index >= 15 is 0 Å². The first-order valence-corrected chi connectivity index (χ1v) is 9.36. The lowest BCUT2D eigenvalue weighted by Gasteiger charge is -2.14. The fraction of sp³-hybridized carbons (Fsp3) is 0.118. The highest BCUT2D eigenvalue weighted by Gasteiger charge is 2.19. The van der Waals surface area contributed by atoms with Gasteiger partial charge >= 0.3 is 0 Å². The summed E-state index contributed by atoms with van der Waals surface area (Å²) in [5, 5.41) is 14.5. The van der Waals surface area contributed by atoms with Gasteiger partial charge in [0.25, 0.3) is 0 Å². The number of halogens is 1. The smallest absolute Gasteiger partial charge is 0.242 e. The van der Waals surface area contributed by atoms with Gasteiger partial charge in [-0.3, -0.25) is 0 Å². The van der Waals surface area contributed by atoms with Gasteiger partial charge in [-0.15, -0.1) is 0 Å². The largest absolute Gasteiger partial charge is 0.387 e. The first-order chi connectivity index (χ1) is 12.0. The molecule has 0 saturated heterocycles. The predicted octanol–water partition coefficient (Wildman–Crippen LogP) is 2.54. The summed E-state index contributed by atoms with van der Waals surface area (Å²) in [4.78, 5) is -0.0158. The summed E-state index contributed by atoms with van der Waals surface area (Å²) in [6, 6.07) is 15.0. The number of hydrogen-bond acceptors (Lipinski definition) is 4. The molecule has 0 aliphatic rings. The second-order valence-corrected chi connectivity index (χ2v) is 7.48. The van der Waals surface area contributed by atoms with Crippen LogP contribution in [0.2, 0.25) is 5.02 Å². The average molecular weight is 378 g/mol. The molecule has 0 aliphatic heterocycles. The molecule has 6 nitrogen and oxygen atoms in total. The van der Waals surface area contributed by atoms with Crippen molar-refractivity contribution in [1.29, 1.82) is 0 Å². The van der Waals surface area contributed by atoms with Crippen LogP contribution in [-0.2, 0) is 10.0 Å². The van der Waals surface area contributed by atoms with Crippen LogP contribution in [0.15, 0.2) is 71.9 Å². The monoisotopic (exact) mass is 377 g/mol. The fourth-order valence-corrected chi connectivity index (χ4v) is 3.87.